The van der Waals surface area contributed by atoms with Crippen molar-refractivity contribution < 1.29 is 8.42 Å². The molecule has 2 heterocycles. The van der Waals surface area contributed by atoms with Crippen molar-refractivity contribution in [3.63, 3.8) is 0 Å². The molecule has 20 heavy (non-hydrogen) atoms. The van der Waals surface area contributed by atoms with Gasteiger partial charge in [-0.2, -0.15) is 0 Å². The number of sulfone groups is 1. The van der Waals surface area contributed by atoms with Crippen molar-refractivity contribution in [2.24, 2.45) is 0 Å². The molecule has 1 saturated heterocycles. The molecule has 1 aromatic heterocycles. The van der Waals surface area contributed by atoms with E-state index in [1.807, 2.05) is 0 Å². The zero-order valence-corrected chi connectivity index (χ0v) is 13.0. The molecule has 1 aromatic rings. The van der Waals surface area contributed by atoms with Gasteiger partial charge in [0.25, 0.3) is 0 Å². The summed E-state index contributed by atoms with van der Waals surface area (Å²) in [4.78, 5) is 6.85. The molecule has 1 N–H and O–H groups in total. The van der Waals surface area contributed by atoms with Crippen LogP contribution in [0.1, 0.15) is 26.2 Å². The minimum Gasteiger partial charge on any atom is -0.351 e. The van der Waals surface area contributed by atoms with Gasteiger partial charge in [0.15, 0.2) is 9.84 Å². The van der Waals surface area contributed by atoms with Crippen molar-refractivity contribution in [3.05, 3.63) is 18.3 Å². The number of piperidine rings is 1. The Morgan fingerprint density at radius 1 is 1.50 bits per heavy atom. The highest BCUT2D eigenvalue weighted by molar-refractivity contribution is 7.90. The van der Waals surface area contributed by atoms with E-state index >= 15 is 0 Å². The lowest BCUT2D eigenvalue weighted by Gasteiger charge is -2.36. The Morgan fingerprint density at radius 2 is 2.30 bits per heavy atom. The van der Waals surface area contributed by atoms with E-state index in [4.69, 9.17) is 0 Å². The Kier molecular flexibility index (Phi) is 4.99. The van der Waals surface area contributed by atoms with Gasteiger partial charge in [0.1, 0.15) is 10.7 Å². The first-order valence-corrected chi connectivity index (χ1v) is 9.05. The van der Waals surface area contributed by atoms with Crippen molar-refractivity contribution in [2.45, 2.75) is 37.1 Å². The fourth-order valence-electron chi connectivity index (χ4n) is 2.69. The first-order chi connectivity index (χ1) is 9.54. The molecule has 0 aliphatic carbocycles. The van der Waals surface area contributed by atoms with Crippen LogP contribution in [0.2, 0.25) is 0 Å². The van der Waals surface area contributed by atoms with Crippen LogP contribution in [-0.4, -0.2) is 45.3 Å². The van der Waals surface area contributed by atoms with Gasteiger partial charge >= 0.3 is 0 Å². The molecular weight excluding hydrogens is 274 g/mol. The second-order valence-corrected chi connectivity index (χ2v) is 7.28. The maximum atomic E-state index is 12.0. The molecule has 1 aliphatic rings. The van der Waals surface area contributed by atoms with Crippen LogP contribution < -0.4 is 10.2 Å². The van der Waals surface area contributed by atoms with Crippen LogP contribution in [-0.2, 0) is 9.84 Å². The average molecular weight is 297 g/mol. The average Bonchev–Trinajstić information content (AvgIpc) is 2.45. The fourth-order valence-corrected chi connectivity index (χ4v) is 3.52. The summed E-state index contributed by atoms with van der Waals surface area (Å²) in [6.07, 6.45) is 6.08. The van der Waals surface area contributed by atoms with E-state index in [1.165, 1.54) is 6.26 Å². The Labute approximate surface area is 121 Å². The second-order valence-electron chi connectivity index (χ2n) is 5.29. The number of hydrogen-bond donors (Lipinski definition) is 1. The van der Waals surface area contributed by atoms with Crippen molar-refractivity contribution in [3.8, 4) is 0 Å². The van der Waals surface area contributed by atoms with Gasteiger partial charge in [-0.15, -0.1) is 0 Å². The Hall–Kier alpha value is -1.14. The Morgan fingerprint density at radius 3 is 2.90 bits per heavy atom. The van der Waals surface area contributed by atoms with Gasteiger partial charge in [0.2, 0.25) is 0 Å². The van der Waals surface area contributed by atoms with E-state index < -0.39 is 9.84 Å². The lowest BCUT2D eigenvalue weighted by Crippen LogP contribution is -2.47. The summed E-state index contributed by atoms with van der Waals surface area (Å²) in [5.74, 6) is 0.602. The van der Waals surface area contributed by atoms with Crippen LogP contribution in [0, 0.1) is 0 Å². The zero-order chi connectivity index (χ0) is 14.6. The van der Waals surface area contributed by atoms with Crippen LogP contribution >= 0.6 is 0 Å². The van der Waals surface area contributed by atoms with Crippen LogP contribution in [0.5, 0.6) is 0 Å². The van der Waals surface area contributed by atoms with Gasteiger partial charge in [0, 0.05) is 31.6 Å². The van der Waals surface area contributed by atoms with Crippen molar-refractivity contribution >= 4 is 15.7 Å². The Bertz CT molecular complexity index is 539. The summed E-state index contributed by atoms with van der Waals surface area (Å²) >= 11 is 0. The molecule has 5 nitrogen and oxygen atoms in total. The summed E-state index contributed by atoms with van der Waals surface area (Å²) in [6.45, 7) is 4.86. The summed E-state index contributed by atoms with van der Waals surface area (Å²) in [5.41, 5.74) is 0. The molecule has 6 heteroatoms. The van der Waals surface area contributed by atoms with Crippen LogP contribution in [0.25, 0.3) is 0 Å². The number of aromatic nitrogens is 1. The number of rotatable bonds is 5. The van der Waals surface area contributed by atoms with E-state index in [0.29, 0.717) is 16.8 Å². The number of pyridine rings is 1. The molecular formula is C14H23N3O2S. The van der Waals surface area contributed by atoms with Crippen LogP contribution in [0.15, 0.2) is 23.2 Å². The maximum absolute atomic E-state index is 12.0. The zero-order valence-electron chi connectivity index (χ0n) is 12.2. The molecule has 1 fully saturated rings. The highest BCUT2D eigenvalue weighted by atomic mass is 32.2. The topological polar surface area (TPSA) is 62.3 Å². The quantitative estimate of drug-likeness (QED) is 0.891. The second kappa shape index (κ2) is 6.54. The molecule has 0 radical (unpaired) electrons. The van der Waals surface area contributed by atoms with E-state index in [1.54, 1.807) is 18.3 Å². The molecule has 0 saturated carbocycles. The third kappa shape index (κ3) is 3.49. The van der Waals surface area contributed by atoms with Crippen LogP contribution in [0.4, 0.5) is 5.82 Å². The van der Waals surface area contributed by atoms with Crippen molar-refractivity contribution in [1.29, 1.82) is 0 Å². The molecule has 1 aliphatic heterocycles. The van der Waals surface area contributed by atoms with Crippen LogP contribution in [0.3, 0.4) is 0 Å². The third-order valence-electron chi connectivity index (χ3n) is 3.60. The first kappa shape index (κ1) is 15.3. The predicted molar refractivity (Wildman–Crippen MR) is 80.9 cm³/mol. The van der Waals surface area contributed by atoms with Gasteiger partial charge < -0.3 is 10.2 Å². The third-order valence-corrected chi connectivity index (χ3v) is 4.72. The van der Waals surface area contributed by atoms with Gasteiger partial charge in [-0.1, -0.05) is 6.92 Å². The predicted octanol–water partition coefficient (Wildman–Crippen LogP) is 1.45. The summed E-state index contributed by atoms with van der Waals surface area (Å²) in [7, 11) is -3.26. The van der Waals surface area contributed by atoms with Gasteiger partial charge in [-0.05, 0) is 37.9 Å². The van der Waals surface area contributed by atoms with E-state index in [2.05, 4.69) is 22.1 Å². The molecule has 0 spiro atoms. The monoisotopic (exact) mass is 297 g/mol. The largest absolute Gasteiger partial charge is 0.351 e. The van der Waals surface area contributed by atoms with Gasteiger partial charge in [-0.25, -0.2) is 13.4 Å². The molecule has 2 rings (SSSR count). The fraction of sp³-hybridized carbons (Fsp3) is 0.643. The van der Waals surface area contributed by atoms with Gasteiger partial charge in [0.05, 0.1) is 0 Å². The van der Waals surface area contributed by atoms with E-state index in [9.17, 15) is 8.42 Å². The summed E-state index contributed by atoms with van der Waals surface area (Å²) in [5, 5.41) is 3.38. The normalized spacial score (nSPS) is 19.8. The smallest absolute Gasteiger partial charge is 0.179 e. The minimum atomic E-state index is -3.26. The molecule has 1 unspecified atom stereocenters. The molecule has 0 aromatic carbocycles. The molecule has 0 amide bonds. The Balaban J connectivity index is 2.38. The first-order valence-electron chi connectivity index (χ1n) is 7.16. The lowest BCUT2D eigenvalue weighted by molar-refractivity contribution is 0.427. The lowest BCUT2D eigenvalue weighted by atomic mass is 10.1. The molecule has 112 valence electrons. The number of anilines is 1. The highest BCUT2D eigenvalue weighted by Crippen LogP contribution is 2.26. The van der Waals surface area contributed by atoms with E-state index in [-0.39, 0.29) is 0 Å². The number of hydrogen-bond acceptors (Lipinski definition) is 5. The summed E-state index contributed by atoms with van der Waals surface area (Å²) in [6, 6.07) is 3.65. The van der Waals surface area contributed by atoms with E-state index in [0.717, 1.165) is 38.9 Å². The minimum absolute atomic E-state index is 0.319. The highest BCUT2D eigenvalue weighted by Gasteiger charge is 2.26. The summed E-state index contributed by atoms with van der Waals surface area (Å²) < 4.78 is 23.9. The maximum Gasteiger partial charge on any atom is 0.179 e. The van der Waals surface area contributed by atoms with Crippen molar-refractivity contribution in [1.82, 2.24) is 10.3 Å². The number of nitrogens with zero attached hydrogens (tertiary/aromatic N) is 2. The number of nitrogens with one attached hydrogen (secondary N) is 1. The van der Waals surface area contributed by atoms with Gasteiger partial charge in [-0.3, -0.25) is 0 Å². The molecule has 0 bridgehead atoms. The standard InChI is InChI=1S/C14H23N3O2S/c1-3-10-17(12-6-4-8-15-11-12)14-13(20(2,18)19)7-5-9-16-14/h5,7,9,12,15H,3-4,6,8,10-11H2,1-2H3. The molecule has 1 atom stereocenters. The van der Waals surface area contributed by atoms with Crippen molar-refractivity contribution in [2.75, 3.05) is 30.8 Å². The SMILES string of the molecule is CCCN(c1ncccc1S(C)(=O)=O)C1CCCNC1.